The lowest BCUT2D eigenvalue weighted by Gasteiger charge is -2.17. The molecule has 1 N–H and O–H groups in total. The van der Waals surface area contributed by atoms with Crippen molar-refractivity contribution in [3.63, 3.8) is 0 Å². The summed E-state index contributed by atoms with van der Waals surface area (Å²) in [7, 11) is 0. The Morgan fingerprint density at radius 1 is 0.696 bits per heavy atom. The lowest BCUT2D eigenvalue weighted by Crippen LogP contribution is -2.03. The Morgan fingerprint density at radius 3 is 1.43 bits per heavy atom. The Kier molecular flexibility index (Phi) is 14.7. The average molecular weight is 326 g/mol. The Balaban J connectivity index is 3.14. The minimum atomic E-state index is 0.517. The van der Waals surface area contributed by atoms with Crippen molar-refractivity contribution in [2.75, 3.05) is 0 Å². The number of hydrogen-bond acceptors (Lipinski definition) is 2. The molecule has 0 saturated heterocycles. The first-order valence-electron chi connectivity index (χ1n) is 10.2. The summed E-state index contributed by atoms with van der Waals surface area (Å²) in [5.41, 5.74) is 1.47. The minimum absolute atomic E-state index is 0.517. The topological polar surface area (TPSA) is 32.6 Å². The maximum atomic E-state index is 8.74. The second-order valence-electron chi connectivity index (χ2n) is 8.32. The molecule has 0 radical (unpaired) electrons. The SMILES string of the molecule is CCC(CCCCCCCCCCCCCCC(C)(C)C)=NO. The molecule has 0 aromatic rings. The van der Waals surface area contributed by atoms with Crippen molar-refractivity contribution in [1.82, 2.24) is 0 Å². The van der Waals surface area contributed by atoms with Crippen molar-refractivity contribution in [2.24, 2.45) is 10.6 Å². The van der Waals surface area contributed by atoms with Crippen LogP contribution in [0.2, 0.25) is 0 Å². The monoisotopic (exact) mass is 325 g/mol. The van der Waals surface area contributed by atoms with Gasteiger partial charge in [-0.3, -0.25) is 0 Å². The van der Waals surface area contributed by atoms with Gasteiger partial charge in [0.1, 0.15) is 0 Å². The molecule has 23 heavy (non-hydrogen) atoms. The van der Waals surface area contributed by atoms with Gasteiger partial charge in [-0.25, -0.2) is 0 Å². The molecule has 0 atom stereocenters. The third-order valence-electron chi connectivity index (χ3n) is 4.69. The molecule has 0 unspecified atom stereocenters. The predicted octanol–water partition coefficient (Wildman–Crippen LogP) is 7.73. The molecule has 0 aromatic carbocycles. The van der Waals surface area contributed by atoms with Crippen molar-refractivity contribution < 1.29 is 5.21 Å². The summed E-state index contributed by atoms with van der Waals surface area (Å²) in [4.78, 5) is 0. The summed E-state index contributed by atoms with van der Waals surface area (Å²) >= 11 is 0. The van der Waals surface area contributed by atoms with Crippen LogP contribution in [0, 0.1) is 5.41 Å². The molecule has 2 heteroatoms. The molecule has 0 bridgehead atoms. The van der Waals surface area contributed by atoms with Crippen LogP contribution in [0.1, 0.15) is 124 Å². The fraction of sp³-hybridized carbons (Fsp3) is 0.952. The lowest BCUT2D eigenvalue weighted by atomic mass is 9.89. The van der Waals surface area contributed by atoms with Gasteiger partial charge >= 0.3 is 0 Å². The van der Waals surface area contributed by atoms with Gasteiger partial charge in [0, 0.05) is 0 Å². The van der Waals surface area contributed by atoms with E-state index in [1.807, 2.05) is 0 Å². The number of oxime groups is 1. The highest BCUT2D eigenvalue weighted by Crippen LogP contribution is 2.22. The van der Waals surface area contributed by atoms with E-state index in [1.54, 1.807) is 0 Å². The first-order valence-corrected chi connectivity index (χ1v) is 10.2. The Labute approximate surface area is 146 Å². The lowest BCUT2D eigenvalue weighted by molar-refractivity contribution is 0.316. The molecule has 0 aromatic heterocycles. The molecule has 0 heterocycles. The quantitative estimate of drug-likeness (QED) is 0.142. The van der Waals surface area contributed by atoms with E-state index in [9.17, 15) is 0 Å². The first kappa shape index (κ1) is 22.5. The fourth-order valence-corrected chi connectivity index (χ4v) is 3.05. The molecule has 0 spiro atoms. The summed E-state index contributed by atoms with van der Waals surface area (Å²) in [6.45, 7) is 9.08. The number of hydrogen-bond donors (Lipinski definition) is 1. The molecule has 138 valence electrons. The Bertz CT molecular complexity index is 278. The number of nitrogens with zero attached hydrogens (tertiary/aromatic N) is 1. The van der Waals surface area contributed by atoms with Gasteiger partial charge in [0.25, 0.3) is 0 Å². The van der Waals surface area contributed by atoms with E-state index in [0.29, 0.717) is 5.41 Å². The van der Waals surface area contributed by atoms with E-state index in [1.165, 1.54) is 83.5 Å². The van der Waals surface area contributed by atoms with Gasteiger partial charge in [0.15, 0.2) is 0 Å². The molecule has 0 saturated carbocycles. The van der Waals surface area contributed by atoms with Crippen molar-refractivity contribution in [2.45, 2.75) is 124 Å². The smallest absolute Gasteiger partial charge is 0.0568 e. The van der Waals surface area contributed by atoms with Gasteiger partial charge in [0.2, 0.25) is 0 Å². The molecule has 0 aliphatic carbocycles. The Morgan fingerprint density at radius 2 is 1.09 bits per heavy atom. The van der Waals surface area contributed by atoms with Crippen molar-refractivity contribution in [3.8, 4) is 0 Å². The molecule has 0 aliphatic rings. The van der Waals surface area contributed by atoms with Crippen LogP contribution in [0.5, 0.6) is 0 Å². The van der Waals surface area contributed by atoms with Crippen LogP contribution in [-0.2, 0) is 0 Å². The van der Waals surface area contributed by atoms with Gasteiger partial charge in [-0.15, -0.1) is 0 Å². The zero-order valence-electron chi connectivity index (χ0n) is 16.5. The predicted molar refractivity (Wildman–Crippen MR) is 104 cm³/mol. The molecule has 0 fully saturated rings. The van der Waals surface area contributed by atoms with Crippen molar-refractivity contribution in [3.05, 3.63) is 0 Å². The van der Waals surface area contributed by atoms with Gasteiger partial charge < -0.3 is 5.21 Å². The highest BCUT2D eigenvalue weighted by molar-refractivity contribution is 5.83. The third-order valence-corrected chi connectivity index (χ3v) is 4.69. The van der Waals surface area contributed by atoms with Gasteiger partial charge in [0.05, 0.1) is 5.71 Å². The van der Waals surface area contributed by atoms with Crippen LogP contribution in [-0.4, -0.2) is 10.9 Å². The number of unbranched alkanes of at least 4 members (excludes halogenated alkanes) is 11. The number of rotatable bonds is 15. The highest BCUT2D eigenvalue weighted by Gasteiger charge is 2.08. The third kappa shape index (κ3) is 17.7. The van der Waals surface area contributed by atoms with E-state index >= 15 is 0 Å². The summed E-state index contributed by atoms with van der Waals surface area (Å²) in [6.07, 6.45) is 19.8. The van der Waals surface area contributed by atoms with Gasteiger partial charge in [-0.1, -0.05) is 103 Å². The zero-order chi connectivity index (χ0) is 17.4. The summed E-state index contributed by atoms with van der Waals surface area (Å²) in [6, 6.07) is 0. The molecular weight excluding hydrogens is 282 g/mol. The maximum absolute atomic E-state index is 8.74. The summed E-state index contributed by atoms with van der Waals surface area (Å²) < 4.78 is 0. The maximum Gasteiger partial charge on any atom is 0.0568 e. The molecule has 0 aliphatic heterocycles. The van der Waals surface area contributed by atoms with Crippen LogP contribution >= 0.6 is 0 Å². The standard InChI is InChI=1S/C21H43NO/c1-5-20(22-23)18-16-14-12-10-8-6-7-9-11-13-15-17-19-21(2,3)4/h23H,5-19H2,1-4H3. The average Bonchev–Trinajstić information content (AvgIpc) is 2.50. The van der Waals surface area contributed by atoms with E-state index in [4.69, 9.17) is 5.21 Å². The molecule has 0 amide bonds. The van der Waals surface area contributed by atoms with Crippen LogP contribution < -0.4 is 0 Å². The normalized spacial score (nSPS) is 12.8. The minimum Gasteiger partial charge on any atom is -0.411 e. The fourth-order valence-electron chi connectivity index (χ4n) is 3.05. The first-order chi connectivity index (χ1) is 11.0. The van der Waals surface area contributed by atoms with Crippen molar-refractivity contribution in [1.29, 1.82) is 0 Å². The van der Waals surface area contributed by atoms with Crippen LogP contribution in [0.3, 0.4) is 0 Å². The zero-order valence-corrected chi connectivity index (χ0v) is 16.5. The van der Waals surface area contributed by atoms with Crippen LogP contribution in [0.25, 0.3) is 0 Å². The van der Waals surface area contributed by atoms with E-state index in [-0.39, 0.29) is 0 Å². The van der Waals surface area contributed by atoms with E-state index in [2.05, 4.69) is 32.9 Å². The van der Waals surface area contributed by atoms with Crippen molar-refractivity contribution >= 4 is 5.71 Å². The molecular formula is C21H43NO. The highest BCUT2D eigenvalue weighted by atomic mass is 16.4. The van der Waals surface area contributed by atoms with Crippen LogP contribution in [0.15, 0.2) is 5.16 Å². The summed E-state index contributed by atoms with van der Waals surface area (Å²) in [5.74, 6) is 0. The second-order valence-corrected chi connectivity index (χ2v) is 8.32. The van der Waals surface area contributed by atoms with Crippen LogP contribution in [0.4, 0.5) is 0 Å². The second kappa shape index (κ2) is 15.0. The summed E-state index contributed by atoms with van der Waals surface area (Å²) in [5, 5.41) is 12.1. The van der Waals surface area contributed by atoms with Gasteiger partial charge in [-0.2, -0.15) is 0 Å². The van der Waals surface area contributed by atoms with E-state index in [0.717, 1.165) is 18.6 Å². The largest absolute Gasteiger partial charge is 0.411 e. The van der Waals surface area contributed by atoms with E-state index < -0.39 is 0 Å². The molecule has 0 rings (SSSR count). The van der Waals surface area contributed by atoms with Gasteiger partial charge in [-0.05, 0) is 31.1 Å². The Hall–Kier alpha value is -0.530. The molecule has 2 nitrogen and oxygen atoms in total.